The molecular formula is C10H16N2O2. The molecule has 0 bridgehead atoms. The van der Waals surface area contributed by atoms with Gasteiger partial charge in [0.1, 0.15) is 6.61 Å². The Morgan fingerprint density at radius 3 is 2.79 bits per heavy atom. The molecule has 0 aliphatic carbocycles. The molecule has 1 aromatic heterocycles. The van der Waals surface area contributed by atoms with Crippen LogP contribution >= 0.6 is 0 Å². The molecule has 1 aromatic rings. The van der Waals surface area contributed by atoms with Crippen LogP contribution < -0.4 is 10.5 Å². The van der Waals surface area contributed by atoms with Crippen molar-refractivity contribution in [3.63, 3.8) is 0 Å². The molecule has 0 saturated heterocycles. The van der Waals surface area contributed by atoms with Gasteiger partial charge in [-0.3, -0.25) is 0 Å². The lowest BCUT2D eigenvalue weighted by Gasteiger charge is -2.07. The summed E-state index contributed by atoms with van der Waals surface area (Å²) in [5.41, 5.74) is 7.48. The number of hydrogen-bond acceptors (Lipinski definition) is 4. The molecule has 4 heteroatoms. The second kappa shape index (κ2) is 5.57. The second-order valence-electron chi connectivity index (χ2n) is 3.00. The predicted octanol–water partition coefficient (Wildman–Crippen LogP) is 0.874. The summed E-state index contributed by atoms with van der Waals surface area (Å²) < 4.78 is 10.3. The van der Waals surface area contributed by atoms with E-state index in [1.807, 2.05) is 19.1 Å². The fourth-order valence-electron chi connectivity index (χ4n) is 1.13. The van der Waals surface area contributed by atoms with Crippen LogP contribution in [0.3, 0.4) is 0 Å². The van der Waals surface area contributed by atoms with Gasteiger partial charge in [0.15, 0.2) is 0 Å². The van der Waals surface area contributed by atoms with Gasteiger partial charge in [0.05, 0.1) is 6.61 Å². The summed E-state index contributed by atoms with van der Waals surface area (Å²) >= 11 is 0. The highest BCUT2D eigenvalue weighted by Gasteiger charge is 1.99. The lowest BCUT2D eigenvalue weighted by molar-refractivity contribution is 0.143. The van der Waals surface area contributed by atoms with Crippen molar-refractivity contribution >= 4 is 0 Å². The zero-order chi connectivity index (χ0) is 10.4. The first-order valence-electron chi connectivity index (χ1n) is 4.55. The Morgan fingerprint density at radius 1 is 1.36 bits per heavy atom. The van der Waals surface area contributed by atoms with E-state index >= 15 is 0 Å². The lowest BCUT2D eigenvalue weighted by Crippen LogP contribution is -2.07. The highest BCUT2D eigenvalue weighted by molar-refractivity contribution is 5.24. The molecule has 0 atom stereocenters. The summed E-state index contributed by atoms with van der Waals surface area (Å²) in [5.74, 6) is 0.613. The number of nitrogens with two attached hydrogens (primary N) is 1. The molecule has 0 amide bonds. The molecule has 2 N–H and O–H groups in total. The van der Waals surface area contributed by atoms with E-state index < -0.39 is 0 Å². The van der Waals surface area contributed by atoms with E-state index in [-0.39, 0.29) is 0 Å². The SMILES string of the molecule is COCCOc1cc(CN)cc(C)n1. The molecule has 1 rings (SSSR count). The van der Waals surface area contributed by atoms with Crippen LogP contribution in [-0.2, 0) is 11.3 Å². The Morgan fingerprint density at radius 2 is 2.14 bits per heavy atom. The molecular weight excluding hydrogens is 180 g/mol. The van der Waals surface area contributed by atoms with Gasteiger partial charge in [0, 0.05) is 25.4 Å². The Labute approximate surface area is 84.0 Å². The third kappa shape index (κ3) is 3.32. The van der Waals surface area contributed by atoms with Crippen molar-refractivity contribution in [3.05, 3.63) is 23.4 Å². The van der Waals surface area contributed by atoms with Crippen molar-refractivity contribution in [2.45, 2.75) is 13.5 Å². The van der Waals surface area contributed by atoms with Crippen molar-refractivity contribution < 1.29 is 9.47 Å². The first-order valence-corrected chi connectivity index (χ1v) is 4.55. The average Bonchev–Trinajstić information content (AvgIpc) is 2.17. The number of ether oxygens (including phenoxy) is 2. The average molecular weight is 196 g/mol. The number of aryl methyl sites for hydroxylation is 1. The van der Waals surface area contributed by atoms with Crippen LogP contribution in [-0.4, -0.2) is 25.3 Å². The van der Waals surface area contributed by atoms with Gasteiger partial charge < -0.3 is 15.2 Å². The first kappa shape index (κ1) is 10.9. The Kier molecular flexibility index (Phi) is 4.35. The molecule has 4 nitrogen and oxygen atoms in total. The fourth-order valence-corrected chi connectivity index (χ4v) is 1.13. The first-order chi connectivity index (χ1) is 6.76. The van der Waals surface area contributed by atoms with E-state index in [1.165, 1.54) is 0 Å². The summed E-state index contributed by atoms with van der Waals surface area (Å²) in [7, 11) is 1.64. The van der Waals surface area contributed by atoms with E-state index in [0.717, 1.165) is 11.3 Å². The largest absolute Gasteiger partial charge is 0.475 e. The van der Waals surface area contributed by atoms with Gasteiger partial charge in [-0.05, 0) is 18.6 Å². The van der Waals surface area contributed by atoms with Crippen LogP contribution in [0.15, 0.2) is 12.1 Å². The maximum absolute atomic E-state index is 5.53. The van der Waals surface area contributed by atoms with E-state index in [1.54, 1.807) is 7.11 Å². The maximum Gasteiger partial charge on any atom is 0.213 e. The smallest absolute Gasteiger partial charge is 0.213 e. The van der Waals surface area contributed by atoms with Gasteiger partial charge in [-0.25, -0.2) is 4.98 Å². The normalized spacial score (nSPS) is 10.2. The standard InChI is InChI=1S/C10H16N2O2/c1-8-5-9(7-11)6-10(12-8)14-4-3-13-2/h5-6H,3-4,7,11H2,1-2H3. The van der Waals surface area contributed by atoms with Gasteiger partial charge in [-0.1, -0.05) is 0 Å². The Bertz CT molecular complexity index is 289. The number of nitrogens with zero attached hydrogens (tertiary/aromatic N) is 1. The van der Waals surface area contributed by atoms with Crippen LogP contribution in [0.25, 0.3) is 0 Å². The Hall–Kier alpha value is -1.13. The van der Waals surface area contributed by atoms with E-state index in [9.17, 15) is 0 Å². The molecule has 0 aliphatic heterocycles. The second-order valence-corrected chi connectivity index (χ2v) is 3.00. The van der Waals surface area contributed by atoms with Gasteiger partial charge >= 0.3 is 0 Å². The minimum atomic E-state index is 0.504. The number of aromatic nitrogens is 1. The molecule has 1 heterocycles. The van der Waals surface area contributed by atoms with Crippen LogP contribution in [0, 0.1) is 6.92 Å². The van der Waals surface area contributed by atoms with Crippen molar-refractivity contribution in [2.75, 3.05) is 20.3 Å². The molecule has 0 radical (unpaired) electrons. The summed E-state index contributed by atoms with van der Waals surface area (Å²) in [5, 5.41) is 0. The summed E-state index contributed by atoms with van der Waals surface area (Å²) in [6, 6.07) is 3.80. The van der Waals surface area contributed by atoms with Gasteiger partial charge in [0.25, 0.3) is 0 Å². The van der Waals surface area contributed by atoms with Crippen LogP contribution in [0.4, 0.5) is 0 Å². The van der Waals surface area contributed by atoms with Crippen molar-refractivity contribution in [2.24, 2.45) is 5.73 Å². The quantitative estimate of drug-likeness (QED) is 0.710. The van der Waals surface area contributed by atoms with Crippen LogP contribution in [0.2, 0.25) is 0 Å². The number of pyridine rings is 1. The van der Waals surface area contributed by atoms with Crippen molar-refractivity contribution in [1.29, 1.82) is 0 Å². The third-order valence-electron chi connectivity index (χ3n) is 1.76. The summed E-state index contributed by atoms with van der Waals surface area (Å²) in [4.78, 5) is 4.22. The van der Waals surface area contributed by atoms with Crippen LogP contribution in [0.1, 0.15) is 11.3 Å². The third-order valence-corrected chi connectivity index (χ3v) is 1.76. The summed E-state index contributed by atoms with van der Waals surface area (Å²) in [6.07, 6.45) is 0. The topological polar surface area (TPSA) is 57.4 Å². The molecule has 78 valence electrons. The summed E-state index contributed by atoms with van der Waals surface area (Å²) in [6.45, 7) is 3.50. The molecule has 0 saturated carbocycles. The zero-order valence-corrected chi connectivity index (χ0v) is 8.62. The van der Waals surface area contributed by atoms with E-state index in [2.05, 4.69) is 4.98 Å². The minimum absolute atomic E-state index is 0.504. The number of methoxy groups -OCH3 is 1. The van der Waals surface area contributed by atoms with Crippen LogP contribution in [0.5, 0.6) is 5.88 Å². The number of hydrogen-bond donors (Lipinski definition) is 1. The predicted molar refractivity (Wildman–Crippen MR) is 54.2 cm³/mol. The fraction of sp³-hybridized carbons (Fsp3) is 0.500. The molecule has 14 heavy (non-hydrogen) atoms. The van der Waals surface area contributed by atoms with Gasteiger partial charge in [0.2, 0.25) is 5.88 Å². The van der Waals surface area contributed by atoms with Gasteiger partial charge in [-0.15, -0.1) is 0 Å². The molecule has 0 spiro atoms. The highest BCUT2D eigenvalue weighted by atomic mass is 16.5. The zero-order valence-electron chi connectivity index (χ0n) is 8.62. The minimum Gasteiger partial charge on any atom is -0.475 e. The van der Waals surface area contributed by atoms with E-state index in [4.69, 9.17) is 15.2 Å². The van der Waals surface area contributed by atoms with E-state index in [0.29, 0.717) is 25.6 Å². The monoisotopic (exact) mass is 196 g/mol. The van der Waals surface area contributed by atoms with Gasteiger partial charge in [-0.2, -0.15) is 0 Å². The molecule has 0 aliphatic rings. The highest BCUT2D eigenvalue weighted by Crippen LogP contribution is 2.11. The molecule has 0 aromatic carbocycles. The van der Waals surface area contributed by atoms with Crippen molar-refractivity contribution in [1.82, 2.24) is 4.98 Å². The Balaban J connectivity index is 2.62. The molecule has 0 unspecified atom stereocenters. The maximum atomic E-state index is 5.53. The van der Waals surface area contributed by atoms with Crippen molar-refractivity contribution in [3.8, 4) is 5.88 Å². The number of rotatable bonds is 5. The molecule has 0 fully saturated rings. The lowest BCUT2D eigenvalue weighted by atomic mass is 10.2.